The summed E-state index contributed by atoms with van der Waals surface area (Å²) in [6.45, 7) is 2.37. The van der Waals surface area contributed by atoms with E-state index in [-0.39, 0.29) is 0 Å². The van der Waals surface area contributed by atoms with Crippen molar-refractivity contribution in [1.82, 2.24) is 9.66 Å². The van der Waals surface area contributed by atoms with Crippen molar-refractivity contribution in [2.45, 2.75) is 6.92 Å². The molecule has 0 aliphatic heterocycles. The smallest absolute Gasteiger partial charge is 0.349 e. The standard InChI is InChI=1S/C18H16BrN3O4/c1-3-26-16-9-13(19)11(8-15(16)25-2)10-20-22-17(23)12-6-4-5-7-14(12)21-18(22)24/h4-10H,3H2,1-2H3,(H,21,24). The first kappa shape index (κ1) is 17.9. The highest BCUT2D eigenvalue weighted by Crippen LogP contribution is 2.32. The van der Waals surface area contributed by atoms with Gasteiger partial charge < -0.3 is 14.5 Å². The second-order valence-electron chi connectivity index (χ2n) is 5.29. The van der Waals surface area contributed by atoms with E-state index < -0.39 is 11.2 Å². The van der Waals surface area contributed by atoms with E-state index in [2.05, 4.69) is 26.0 Å². The van der Waals surface area contributed by atoms with Crippen LogP contribution >= 0.6 is 15.9 Å². The third-order valence-electron chi connectivity index (χ3n) is 3.68. The van der Waals surface area contributed by atoms with Gasteiger partial charge in [0.2, 0.25) is 0 Å². The molecule has 0 bridgehead atoms. The number of halogens is 1. The van der Waals surface area contributed by atoms with E-state index in [4.69, 9.17) is 9.47 Å². The molecule has 3 rings (SSSR count). The monoisotopic (exact) mass is 417 g/mol. The Morgan fingerprint density at radius 1 is 1.23 bits per heavy atom. The highest BCUT2D eigenvalue weighted by Gasteiger charge is 2.10. The Morgan fingerprint density at radius 2 is 2.00 bits per heavy atom. The van der Waals surface area contributed by atoms with Gasteiger partial charge in [0.05, 0.1) is 30.8 Å². The molecule has 0 atom stereocenters. The van der Waals surface area contributed by atoms with Crippen LogP contribution in [0, 0.1) is 0 Å². The zero-order chi connectivity index (χ0) is 18.7. The van der Waals surface area contributed by atoms with Crippen LogP contribution in [0.2, 0.25) is 0 Å². The Kier molecular flexibility index (Phi) is 5.22. The average molecular weight is 418 g/mol. The lowest BCUT2D eigenvalue weighted by atomic mass is 10.2. The minimum absolute atomic E-state index is 0.382. The molecule has 0 radical (unpaired) electrons. The van der Waals surface area contributed by atoms with E-state index in [0.717, 1.165) is 4.68 Å². The second kappa shape index (κ2) is 7.57. The fourth-order valence-electron chi connectivity index (χ4n) is 2.46. The fraction of sp³-hybridized carbons (Fsp3) is 0.167. The van der Waals surface area contributed by atoms with Gasteiger partial charge >= 0.3 is 5.69 Å². The van der Waals surface area contributed by atoms with Crippen molar-refractivity contribution in [2.75, 3.05) is 13.7 Å². The van der Waals surface area contributed by atoms with Gasteiger partial charge in [-0.15, -0.1) is 4.68 Å². The Bertz CT molecular complexity index is 1100. The van der Waals surface area contributed by atoms with Gasteiger partial charge in [-0.05, 0) is 47.1 Å². The fourth-order valence-corrected chi connectivity index (χ4v) is 2.88. The number of H-pyrrole nitrogens is 1. The summed E-state index contributed by atoms with van der Waals surface area (Å²) < 4.78 is 12.3. The molecule has 26 heavy (non-hydrogen) atoms. The summed E-state index contributed by atoms with van der Waals surface area (Å²) in [6.07, 6.45) is 1.41. The number of hydrogen-bond acceptors (Lipinski definition) is 5. The number of hydrogen-bond donors (Lipinski definition) is 1. The highest BCUT2D eigenvalue weighted by atomic mass is 79.9. The van der Waals surface area contributed by atoms with Crippen molar-refractivity contribution < 1.29 is 9.47 Å². The van der Waals surface area contributed by atoms with Gasteiger partial charge in [0, 0.05) is 10.0 Å². The largest absolute Gasteiger partial charge is 0.493 e. The van der Waals surface area contributed by atoms with Crippen LogP contribution in [0.15, 0.2) is 55.6 Å². The Balaban J connectivity index is 2.07. The van der Waals surface area contributed by atoms with Crippen LogP contribution in [0.3, 0.4) is 0 Å². The van der Waals surface area contributed by atoms with Gasteiger partial charge in [-0.3, -0.25) is 4.79 Å². The molecule has 0 fully saturated rings. The molecule has 1 N–H and O–H groups in total. The SMILES string of the molecule is CCOc1cc(Br)c(C=Nn2c(=O)[nH]c3ccccc3c2=O)cc1OC. The number of rotatable bonds is 5. The molecular formula is C18H16BrN3O4. The lowest BCUT2D eigenvalue weighted by Gasteiger charge is -2.11. The lowest BCUT2D eigenvalue weighted by molar-refractivity contribution is 0.310. The molecule has 0 saturated heterocycles. The van der Waals surface area contributed by atoms with Crippen LogP contribution in [-0.2, 0) is 0 Å². The van der Waals surface area contributed by atoms with E-state index in [1.807, 2.05) is 6.92 Å². The predicted molar refractivity (Wildman–Crippen MR) is 104 cm³/mol. The van der Waals surface area contributed by atoms with E-state index in [1.165, 1.54) is 13.3 Å². The van der Waals surface area contributed by atoms with E-state index in [1.54, 1.807) is 36.4 Å². The number of ether oxygens (including phenoxy) is 2. The van der Waals surface area contributed by atoms with Crippen LogP contribution < -0.4 is 20.7 Å². The van der Waals surface area contributed by atoms with Crippen LogP contribution in [0.1, 0.15) is 12.5 Å². The maximum absolute atomic E-state index is 12.5. The first-order valence-corrected chi connectivity index (χ1v) is 8.63. The molecule has 134 valence electrons. The van der Waals surface area contributed by atoms with E-state index in [0.29, 0.717) is 39.0 Å². The van der Waals surface area contributed by atoms with E-state index >= 15 is 0 Å². The molecule has 2 aromatic carbocycles. The predicted octanol–water partition coefficient (Wildman–Crippen LogP) is 2.74. The molecule has 0 aliphatic carbocycles. The van der Waals surface area contributed by atoms with Crippen LogP contribution in [0.25, 0.3) is 10.9 Å². The van der Waals surface area contributed by atoms with Crippen molar-refractivity contribution in [2.24, 2.45) is 5.10 Å². The third-order valence-corrected chi connectivity index (χ3v) is 4.37. The minimum Gasteiger partial charge on any atom is -0.493 e. The summed E-state index contributed by atoms with van der Waals surface area (Å²) in [6, 6.07) is 10.2. The average Bonchev–Trinajstić information content (AvgIpc) is 2.63. The first-order chi connectivity index (χ1) is 12.5. The summed E-state index contributed by atoms with van der Waals surface area (Å²) in [5.41, 5.74) is -0.00349. The van der Waals surface area contributed by atoms with Crippen molar-refractivity contribution >= 4 is 33.0 Å². The maximum Gasteiger partial charge on any atom is 0.349 e. The zero-order valence-corrected chi connectivity index (χ0v) is 15.7. The number of benzene rings is 2. The molecular weight excluding hydrogens is 402 g/mol. The Morgan fingerprint density at radius 3 is 2.73 bits per heavy atom. The molecule has 1 heterocycles. The summed E-state index contributed by atoms with van der Waals surface area (Å²) in [5, 5.41) is 4.43. The molecule has 8 heteroatoms. The molecule has 0 saturated carbocycles. The molecule has 0 spiro atoms. The van der Waals surface area contributed by atoms with Crippen molar-refractivity contribution in [3.05, 3.63) is 67.3 Å². The van der Waals surface area contributed by atoms with Crippen LogP contribution in [0.5, 0.6) is 11.5 Å². The topological polar surface area (TPSA) is 85.7 Å². The maximum atomic E-state index is 12.5. The van der Waals surface area contributed by atoms with Crippen molar-refractivity contribution in [1.29, 1.82) is 0 Å². The Hall–Kier alpha value is -2.87. The highest BCUT2D eigenvalue weighted by molar-refractivity contribution is 9.10. The number of para-hydroxylation sites is 1. The number of nitrogens with one attached hydrogen (secondary N) is 1. The summed E-state index contributed by atoms with van der Waals surface area (Å²) >= 11 is 3.43. The molecule has 3 aromatic rings. The van der Waals surface area contributed by atoms with Crippen molar-refractivity contribution in [3.63, 3.8) is 0 Å². The van der Waals surface area contributed by atoms with Gasteiger partial charge in [0.25, 0.3) is 5.56 Å². The van der Waals surface area contributed by atoms with Gasteiger partial charge in [0.1, 0.15) is 0 Å². The minimum atomic E-state index is -0.612. The molecule has 1 aromatic heterocycles. The molecule has 0 unspecified atom stereocenters. The van der Waals surface area contributed by atoms with Crippen LogP contribution in [-0.4, -0.2) is 29.6 Å². The Labute approximate surface area is 157 Å². The quantitative estimate of drug-likeness (QED) is 0.646. The number of aromatic nitrogens is 2. The number of methoxy groups -OCH3 is 1. The van der Waals surface area contributed by atoms with Gasteiger partial charge in [-0.2, -0.15) is 5.10 Å². The van der Waals surface area contributed by atoms with Gasteiger partial charge in [-0.25, -0.2) is 4.79 Å². The van der Waals surface area contributed by atoms with Crippen LogP contribution in [0.4, 0.5) is 0 Å². The van der Waals surface area contributed by atoms with Gasteiger partial charge in [-0.1, -0.05) is 12.1 Å². The van der Waals surface area contributed by atoms with Gasteiger partial charge in [0.15, 0.2) is 11.5 Å². The van der Waals surface area contributed by atoms with Crippen molar-refractivity contribution in [3.8, 4) is 11.5 Å². The summed E-state index contributed by atoms with van der Waals surface area (Å²) in [4.78, 5) is 27.3. The second-order valence-corrected chi connectivity index (χ2v) is 6.15. The lowest BCUT2D eigenvalue weighted by Crippen LogP contribution is -2.32. The first-order valence-electron chi connectivity index (χ1n) is 7.84. The summed E-state index contributed by atoms with van der Waals surface area (Å²) in [5.74, 6) is 1.11. The number of nitrogens with zero attached hydrogens (tertiary/aromatic N) is 2. The molecule has 0 aliphatic rings. The molecule has 0 amide bonds. The zero-order valence-electron chi connectivity index (χ0n) is 14.2. The third kappa shape index (κ3) is 3.41. The summed E-state index contributed by atoms with van der Waals surface area (Å²) in [7, 11) is 1.53. The normalized spacial score (nSPS) is 11.2. The molecule has 7 nitrogen and oxygen atoms in total. The van der Waals surface area contributed by atoms with E-state index in [9.17, 15) is 9.59 Å². The number of fused-ring (bicyclic) bond motifs is 1. The number of aromatic amines is 1.